The van der Waals surface area contributed by atoms with Gasteiger partial charge in [-0.3, -0.25) is 4.72 Å². The SMILES string of the molecule is Cc1ccc(NS(=O)(=O)c2cnc[nH]2)cc1S(N)(=O)=O. The van der Waals surface area contributed by atoms with Crippen LogP contribution in [0.3, 0.4) is 0 Å². The molecule has 108 valence electrons. The Balaban J connectivity index is 2.42. The smallest absolute Gasteiger partial charge is 0.278 e. The van der Waals surface area contributed by atoms with Crippen LogP contribution >= 0.6 is 0 Å². The number of imidazole rings is 1. The summed E-state index contributed by atoms with van der Waals surface area (Å²) < 4.78 is 48.9. The maximum absolute atomic E-state index is 11.9. The standard InChI is InChI=1S/C10H12N4O4S2/c1-7-2-3-8(4-9(7)19(11,15)16)14-20(17,18)10-5-12-6-13-10/h2-6,14H,1H3,(H,12,13)(H2,11,15,16). The van der Waals surface area contributed by atoms with Gasteiger partial charge in [0, 0.05) is 0 Å². The molecule has 2 rings (SSSR count). The molecule has 2 aromatic rings. The quantitative estimate of drug-likeness (QED) is 0.738. The van der Waals surface area contributed by atoms with Gasteiger partial charge in [0.05, 0.1) is 23.1 Å². The summed E-state index contributed by atoms with van der Waals surface area (Å²) in [5.74, 6) is 0. The summed E-state index contributed by atoms with van der Waals surface area (Å²) in [4.78, 5) is 5.92. The topological polar surface area (TPSA) is 135 Å². The Morgan fingerprint density at radius 2 is 1.95 bits per heavy atom. The fourth-order valence-electron chi connectivity index (χ4n) is 1.57. The van der Waals surface area contributed by atoms with Crippen molar-refractivity contribution in [1.82, 2.24) is 9.97 Å². The lowest BCUT2D eigenvalue weighted by atomic mass is 10.2. The van der Waals surface area contributed by atoms with E-state index in [1.54, 1.807) is 6.92 Å². The van der Waals surface area contributed by atoms with Crippen molar-refractivity contribution in [2.75, 3.05) is 4.72 Å². The molecule has 0 spiro atoms. The van der Waals surface area contributed by atoms with E-state index in [1.807, 2.05) is 0 Å². The normalized spacial score (nSPS) is 12.3. The zero-order valence-electron chi connectivity index (χ0n) is 10.4. The van der Waals surface area contributed by atoms with Crippen molar-refractivity contribution in [3.05, 3.63) is 36.3 Å². The number of sulfonamides is 2. The largest absolute Gasteiger partial charge is 0.334 e. The zero-order chi connectivity index (χ0) is 15.0. The maximum atomic E-state index is 11.9. The van der Waals surface area contributed by atoms with Gasteiger partial charge in [-0.25, -0.2) is 18.5 Å². The minimum atomic E-state index is -3.92. The molecule has 0 bridgehead atoms. The molecule has 0 fully saturated rings. The van der Waals surface area contributed by atoms with Crippen LogP contribution in [0.5, 0.6) is 0 Å². The Morgan fingerprint density at radius 3 is 2.50 bits per heavy atom. The number of nitrogens with zero attached hydrogens (tertiary/aromatic N) is 1. The van der Waals surface area contributed by atoms with Gasteiger partial charge in [-0.05, 0) is 24.6 Å². The van der Waals surface area contributed by atoms with Crippen molar-refractivity contribution in [2.45, 2.75) is 16.8 Å². The summed E-state index contributed by atoms with van der Waals surface area (Å²) >= 11 is 0. The van der Waals surface area contributed by atoms with Crippen LogP contribution in [0.1, 0.15) is 5.56 Å². The Bertz CT molecular complexity index is 826. The van der Waals surface area contributed by atoms with Gasteiger partial charge >= 0.3 is 0 Å². The van der Waals surface area contributed by atoms with Crippen LogP contribution in [0.15, 0.2) is 40.6 Å². The number of aromatic amines is 1. The number of H-pyrrole nitrogens is 1. The van der Waals surface area contributed by atoms with Crippen LogP contribution in [-0.4, -0.2) is 26.8 Å². The van der Waals surface area contributed by atoms with E-state index in [9.17, 15) is 16.8 Å². The van der Waals surface area contributed by atoms with Gasteiger partial charge in [-0.2, -0.15) is 8.42 Å². The molecular weight excluding hydrogens is 304 g/mol. The minimum Gasteiger partial charge on any atom is -0.334 e. The van der Waals surface area contributed by atoms with Crippen LogP contribution in [0.2, 0.25) is 0 Å². The highest BCUT2D eigenvalue weighted by Crippen LogP contribution is 2.21. The van der Waals surface area contributed by atoms with Crippen LogP contribution in [0, 0.1) is 6.92 Å². The van der Waals surface area contributed by atoms with Crippen molar-refractivity contribution < 1.29 is 16.8 Å². The average Bonchev–Trinajstić information content (AvgIpc) is 2.84. The second-order valence-corrected chi connectivity index (χ2v) is 7.23. The Morgan fingerprint density at radius 1 is 1.25 bits per heavy atom. The monoisotopic (exact) mass is 316 g/mol. The highest BCUT2D eigenvalue weighted by atomic mass is 32.2. The third-order valence-corrected chi connectivity index (χ3v) is 4.87. The second-order valence-electron chi connectivity index (χ2n) is 4.05. The van der Waals surface area contributed by atoms with E-state index in [1.165, 1.54) is 24.5 Å². The molecule has 1 aromatic heterocycles. The number of primary sulfonamides is 1. The van der Waals surface area contributed by atoms with Crippen LogP contribution in [-0.2, 0) is 20.0 Å². The number of anilines is 1. The van der Waals surface area contributed by atoms with Gasteiger partial charge in [-0.1, -0.05) is 6.07 Å². The van der Waals surface area contributed by atoms with Gasteiger partial charge in [-0.15, -0.1) is 0 Å². The Kier molecular flexibility index (Phi) is 3.54. The van der Waals surface area contributed by atoms with E-state index in [0.29, 0.717) is 5.56 Å². The number of benzene rings is 1. The number of nitrogens with two attached hydrogens (primary N) is 1. The summed E-state index contributed by atoms with van der Waals surface area (Å²) in [6.07, 6.45) is 2.36. The Labute approximate surface area is 116 Å². The molecule has 0 saturated carbocycles. The second kappa shape index (κ2) is 4.89. The Hall–Kier alpha value is -1.91. The molecule has 1 heterocycles. The summed E-state index contributed by atoms with van der Waals surface area (Å²) in [5.41, 5.74) is 0.520. The lowest BCUT2D eigenvalue weighted by Crippen LogP contribution is -2.16. The fourth-order valence-corrected chi connectivity index (χ4v) is 3.33. The predicted molar refractivity (Wildman–Crippen MR) is 71.9 cm³/mol. The third kappa shape index (κ3) is 2.98. The van der Waals surface area contributed by atoms with Crippen LogP contribution < -0.4 is 9.86 Å². The summed E-state index contributed by atoms with van der Waals surface area (Å²) in [6.45, 7) is 1.56. The van der Waals surface area contributed by atoms with Crippen molar-refractivity contribution in [3.8, 4) is 0 Å². The summed E-state index contributed by atoms with van der Waals surface area (Å²) in [7, 11) is -7.77. The number of hydrogen-bond acceptors (Lipinski definition) is 5. The summed E-state index contributed by atoms with van der Waals surface area (Å²) in [6, 6.07) is 4.07. The third-order valence-electron chi connectivity index (χ3n) is 2.51. The average molecular weight is 316 g/mol. The first-order valence-corrected chi connectivity index (χ1v) is 8.38. The molecule has 0 radical (unpaired) electrons. The summed E-state index contributed by atoms with van der Waals surface area (Å²) in [5, 5.41) is 4.93. The molecule has 1 aromatic carbocycles. The van der Waals surface area contributed by atoms with Crippen molar-refractivity contribution >= 4 is 25.7 Å². The van der Waals surface area contributed by atoms with E-state index in [2.05, 4.69) is 14.7 Å². The number of rotatable bonds is 4. The number of aromatic nitrogens is 2. The number of hydrogen-bond donors (Lipinski definition) is 3. The first-order valence-electron chi connectivity index (χ1n) is 5.35. The van der Waals surface area contributed by atoms with Crippen LogP contribution in [0.4, 0.5) is 5.69 Å². The fraction of sp³-hybridized carbons (Fsp3) is 0.100. The first kappa shape index (κ1) is 14.5. The minimum absolute atomic E-state index is 0.0919. The molecule has 0 amide bonds. The number of nitrogens with one attached hydrogen (secondary N) is 2. The number of aryl methyl sites for hydroxylation is 1. The molecule has 0 aliphatic rings. The van der Waals surface area contributed by atoms with Gasteiger partial charge in [0.15, 0.2) is 5.03 Å². The molecule has 20 heavy (non-hydrogen) atoms. The van der Waals surface area contributed by atoms with E-state index in [0.717, 1.165) is 6.20 Å². The zero-order valence-corrected chi connectivity index (χ0v) is 12.0. The van der Waals surface area contributed by atoms with E-state index in [4.69, 9.17) is 5.14 Å². The maximum Gasteiger partial charge on any atom is 0.278 e. The molecule has 0 saturated heterocycles. The predicted octanol–water partition coefficient (Wildman–Crippen LogP) is 0.166. The first-order chi connectivity index (χ1) is 9.20. The van der Waals surface area contributed by atoms with Gasteiger partial charge in [0.25, 0.3) is 10.0 Å². The molecule has 8 nitrogen and oxygen atoms in total. The highest BCUT2D eigenvalue weighted by molar-refractivity contribution is 7.92. The molecule has 0 aliphatic carbocycles. The molecule has 0 unspecified atom stereocenters. The molecular formula is C10H12N4O4S2. The van der Waals surface area contributed by atoms with E-state index >= 15 is 0 Å². The van der Waals surface area contributed by atoms with Gasteiger partial charge in [0.1, 0.15) is 0 Å². The highest BCUT2D eigenvalue weighted by Gasteiger charge is 2.18. The molecule has 4 N–H and O–H groups in total. The van der Waals surface area contributed by atoms with Crippen molar-refractivity contribution in [3.63, 3.8) is 0 Å². The van der Waals surface area contributed by atoms with Gasteiger partial charge in [0.2, 0.25) is 10.0 Å². The molecule has 0 atom stereocenters. The van der Waals surface area contributed by atoms with Crippen molar-refractivity contribution in [1.29, 1.82) is 0 Å². The molecule has 10 heteroatoms. The van der Waals surface area contributed by atoms with Crippen LogP contribution in [0.25, 0.3) is 0 Å². The van der Waals surface area contributed by atoms with Crippen molar-refractivity contribution in [2.24, 2.45) is 5.14 Å². The van der Waals surface area contributed by atoms with E-state index in [-0.39, 0.29) is 15.6 Å². The molecule has 0 aliphatic heterocycles. The lowest BCUT2D eigenvalue weighted by molar-refractivity contribution is 0.595. The lowest BCUT2D eigenvalue weighted by Gasteiger charge is -2.09. The van der Waals surface area contributed by atoms with Gasteiger partial charge < -0.3 is 4.98 Å². The van der Waals surface area contributed by atoms with E-state index < -0.39 is 20.0 Å².